The van der Waals surface area contributed by atoms with E-state index in [1.165, 1.54) is 13.0 Å². The van der Waals surface area contributed by atoms with Crippen LogP contribution in [0, 0.1) is 0 Å². The number of aromatic nitrogens is 1. The van der Waals surface area contributed by atoms with Crippen molar-refractivity contribution in [1.29, 1.82) is 0 Å². The highest BCUT2D eigenvalue weighted by atomic mass is 16.6. The summed E-state index contributed by atoms with van der Waals surface area (Å²) in [7, 11) is 0. The van der Waals surface area contributed by atoms with Crippen molar-refractivity contribution in [3.05, 3.63) is 17.3 Å². The lowest BCUT2D eigenvalue weighted by atomic mass is 10.3. The van der Waals surface area contributed by atoms with E-state index in [9.17, 15) is 14.4 Å². The predicted octanol–water partition coefficient (Wildman–Crippen LogP) is 1.29. The number of hydrogen-bond donors (Lipinski definition) is 1. The van der Waals surface area contributed by atoms with E-state index in [-0.39, 0.29) is 30.4 Å². The lowest BCUT2D eigenvalue weighted by molar-refractivity contribution is -0.132. The molecular formula is C12H15NO6. The zero-order valence-corrected chi connectivity index (χ0v) is 10.9. The number of esters is 3. The molecule has 0 bridgehead atoms. The number of ether oxygens (including phenoxy) is 3. The molecule has 0 aliphatic rings. The second-order valence-corrected chi connectivity index (χ2v) is 3.46. The molecule has 1 aromatic rings. The molecule has 0 saturated heterocycles. The molecule has 19 heavy (non-hydrogen) atoms. The topological polar surface area (TPSA) is 94.7 Å². The molecule has 1 rings (SSSR count). The molecule has 0 amide bonds. The summed E-state index contributed by atoms with van der Waals surface area (Å²) in [6.45, 7) is 4.83. The summed E-state index contributed by atoms with van der Waals surface area (Å²) in [4.78, 5) is 36.6. The maximum atomic E-state index is 11.7. The second kappa shape index (κ2) is 6.58. The van der Waals surface area contributed by atoms with Crippen LogP contribution in [0.2, 0.25) is 0 Å². The van der Waals surface area contributed by atoms with Crippen LogP contribution in [-0.2, 0) is 14.3 Å². The maximum Gasteiger partial charge on any atom is 0.354 e. The van der Waals surface area contributed by atoms with Crippen molar-refractivity contribution in [2.24, 2.45) is 0 Å². The minimum atomic E-state index is -0.689. The third-order valence-electron chi connectivity index (χ3n) is 2.02. The molecule has 104 valence electrons. The molecule has 7 heteroatoms. The largest absolute Gasteiger partial charge is 0.462 e. The number of rotatable bonds is 5. The fourth-order valence-corrected chi connectivity index (χ4v) is 1.34. The fourth-order valence-electron chi connectivity index (χ4n) is 1.34. The van der Waals surface area contributed by atoms with Crippen LogP contribution in [0.5, 0.6) is 5.88 Å². The molecule has 0 aromatic carbocycles. The molecule has 1 N–H and O–H groups in total. The van der Waals surface area contributed by atoms with Crippen LogP contribution in [0.3, 0.4) is 0 Å². The Hall–Kier alpha value is -2.31. The minimum Gasteiger partial charge on any atom is -0.462 e. The molecule has 0 aliphatic carbocycles. The second-order valence-electron chi connectivity index (χ2n) is 3.46. The summed E-state index contributed by atoms with van der Waals surface area (Å²) in [5.41, 5.74) is -0.0127. The van der Waals surface area contributed by atoms with Crippen molar-refractivity contribution in [1.82, 2.24) is 4.98 Å². The van der Waals surface area contributed by atoms with Crippen molar-refractivity contribution in [2.75, 3.05) is 13.2 Å². The van der Waals surface area contributed by atoms with E-state index < -0.39 is 17.9 Å². The van der Waals surface area contributed by atoms with Crippen molar-refractivity contribution >= 4 is 17.9 Å². The summed E-state index contributed by atoms with van der Waals surface area (Å²) < 4.78 is 14.4. The third kappa shape index (κ3) is 3.84. The van der Waals surface area contributed by atoms with Gasteiger partial charge in [0.1, 0.15) is 11.3 Å². The normalized spacial score (nSPS) is 9.84. The van der Waals surface area contributed by atoms with E-state index in [1.807, 2.05) is 0 Å². The van der Waals surface area contributed by atoms with Gasteiger partial charge < -0.3 is 19.2 Å². The lowest BCUT2D eigenvalue weighted by Gasteiger charge is -2.02. The molecular weight excluding hydrogens is 254 g/mol. The Kier molecular flexibility index (Phi) is 5.11. The van der Waals surface area contributed by atoms with Crippen LogP contribution >= 0.6 is 0 Å². The van der Waals surface area contributed by atoms with Gasteiger partial charge in [0.2, 0.25) is 5.88 Å². The van der Waals surface area contributed by atoms with Gasteiger partial charge in [-0.05, 0) is 19.9 Å². The molecule has 7 nitrogen and oxygen atoms in total. The Morgan fingerprint density at radius 1 is 1.11 bits per heavy atom. The Bertz CT molecular complexity index is 490. The number of H-pyrrole nitrogens is 1. The number of nitrogens with one attached hydrogen (secondary N) is 1. The highest BCUT2D eigenvalue weighted by Gasteiger charge is 2.22. The highest BCUT2D eigenvalue weighted by molar-refractivity contribution is 5.97. The van der Waals surface area contributed by atoms with Gasteiger partial charge in [0.15, 0.2) is 0 Å². The van der Waals surface area contributed by atoms with Crippen LogP contribution in [0.1, 0.15) is 41.6 Å². The standard InChI is InChI=1S/C12H15NO6/c1-4-17-11(15)8-6-9(12(16)18-5-2)13-10(8)19-7(3)14/h6,13H,4-5H2,1-3H3. The molecule has 0 aliphatic heterocycles. The molecule has 0 fully saturated rings. The van der Waals surface area contributed by atoms with E-state index in [2.05, 4.69) is 4.98 Å². The van der Waals surface area contributed by atoms with Crippen molar-refractivity contribution < 1.29 is 28.6 Å². The van der Waals surface area contributed by atoms with Crippen molar-refractivity contribution in [3.63, 3.8) is 0 Å². The zero-order chi connectivity index (χ0) is 14.4. The van der Waals surface area contributed by atoms with Gasteiger partial charge in [-0.2, -0.15) is 0 Å². The fraction of sp³-hybridized carbons (Fsp3) is 0.417. The molecule has 0 atom stereocenters. The van der Waals surface area contributed by atoms with Crippen LogP contribution < -0.4 is 4.74 Å². The van der Waals surface area contributed by atoms with E-state index in [4.69, 9.17) is 14.2 Å². The monoisotopic (exact) mass is 269 g/mol. The van der Waals surface area contributed by atoms with Gasteiger partial charge in [0.05, 0.1) is 13.2 Å². The minimum absolute atomic E-state index is 0.0150. The average molecular weight is 269 g/mol. The molecule has 0 spiro atoms. The number of carbonyl (C=O) groups excluding carboxylic acids is 3. The number of aromatic amines is 1. The Balaban J connectivity index is 3.08. The summed E-state index contributed by atoms with van der Waals surface area (Å²) in [5, 5.41) is 0. The van der Waals surface area contributed by atoms with E-state index in [1.54, 1.807) is 13.8 Å². The van der Waals surface area contributed by atoms with Crippen LogP contribution in [0.25, 0.3) is 0 Å². The molecule has 0 saturated carbocycles. The van der Waals surface area contributed by atoms with Gasteiger partial charge in [-0.3, -0.25) is 4.79 Å². The molecule has 0 unspecified atom stereocenters. The van der Waals surface area contributed by atoms with Gasteiger partial charge in [0.25, 0.3) is 0 Å². The van der Waals surface area contributed by atoms with Gasteiger partial charge in [-0.1, -0.05) is 0 Å². The molecule has 1 aromatic heterocycles. The molecule has 0 radical (unpaired) electrons. The first kappa shape index (κ1) is 14.7. The summed E-state index contributed by atoms with van der Waals surface area (Å²) in [6.07, 6.45) is 0. The Morgan fingerprint density at radius 2 is 1.68 bits per heavy atom. The van der Waals surface area contributed by atoms with Gasteiger partial charge in [0, 0.05) is 6.92 Å². The first-order valence-electron chi connectivity index (χ1n) is 5.75. The van der Waals surface area contributed by atoms with Gasteiger partial charge in [-0.15, -0.1) is 0 Å². The number of carbonyl (C=O) groups is 3. The summed E-state index contributed by atoms with van der Waals surface area (Å²) >= 11 is 0. The van der Waals surface area contributed by atoms with Crippen molar-refractivity contribution in [3.8, 4) is 5.88 Å². The zero-order valence-electron chi connectivity index (χ0n) is 10.9. The Morgan fingerprint density at radius 3 is 2.21 bits per heavy atom. The van der Waals surface area contributed by atoms with Gasteiger partial charge in [-0.25, -0.2) is 9.59 Å². The first-order valence-corrected chi connectivity index (χ1v) is 5.75. The summed E-state index contributed by atoms with van der Waals surface area (Å²) in [6, 6.07) is 1.23. The van der Waals surface area contributed by atoms with E-state index in [0.29, 0.717) is 0 Å². The van der Waals surface area contributed by atoms with Crippen LogP contribution in [-0.4, -0.2) is 36.1 Å². The quantitative estimate of drug-likeness (QED) is 0.809. The number of hydrogen-bond acceptors (Lipinski definition) is 6. The lowest BCUT2D eigenvalue weighted by Crippen LogP contribution is -2.09. The summed E-state index contributed by atoms with van der Waals surface area (Å²) in [5.74, 6) is -2.09. The van der Waals surface area contributed by atoms with Crippen LogP contribution in [0.15, 0.2) is 6.07 Å². The van der Waals surface area contributed by atoms with Crippen molar-refractivity contribution in [2.45, 2.75) is 20.8 Å². The SMILES string of the molecule is CCOC(=O)c1cc(C(=O)OCC)c(OC(C)=O)[nH]1. The highest BCUT2D eigenvalue weighted by Crippen LogP contribution is 2.21. The first-order chi connectivity index (χ1) is 8.99. The smallest absolute Gasteiger partial charge is 0.354 e. The predicted molar refractivity (Wildman–Crippen MR) is 64.0 cm³/mol. The maximum absolute atomic E-state index is 11.7. The van der Waals surface area contributed by atoms with Gasteiger partial charge >= 0.3 is 17.9 Å². The van der Waals surface area contributed by atoms with E-state index >= 15 is 0 Å². The Labute approximate surface area is 109 Å². The van der Waals surface area contributed by atoms with E-state index in [0.717, 1.165) is 0 Å². The van der Waals surface area contributed by atoms with Crippen LogP contribution in [0.4, 0.5) is 0 Å². The average Bonchev–Trinajstić information content (AvgIpc) is 2.73. The third-order valence-corrected chi connectivity index (χ3v) is 2.02. The molecule has 1 heterocycles.